The molecular formula is C14H22N2O. The van der Waals surface area contributed by atoms with Crippen LogP contribution in [0.3, 0.4) is 0 Å². The number of ether oxygens (including phenoxy) is 1. The van der Waals surface area contributed by atoms with Crippen molar-refractivity contribution in [3.8, 4) is 5.88 Å². The summed E-state index contributed by atoms with van der Waals surface area (Å²) in [5, 5.41) is 3.42. The summed E-state index contributed by atoms with van der Waals surface area (Å²) < 4.78 is 5.08. The highest BCUT2D eigenvalue weighted by atomic mass is 16.5. The Hall–Kier alpha value is -1.35. The molecule has 3 heteroatoms. The van der Waals surface area contributed by atoms with Gasteiger partial charge in [-0.25, -0.2) is 4.98 Å². The summed E-state index contributed by atoms with van der Waals surface area (Å²) >= 11 is 0. The van der Waals surface area contributed by atoms with Gasteiger partial charge in [-0.05, 0) is 37.4 Å². The number of allylic oxidation sites excluding steroid dienone is 1. The molecule has 0 aliphatic heterocycles. The van der Waals surface area contributed by atoms with Crippen LogP contribution >= 0.6 is 0 Å². The van der Waals surface area contributed by atoms with E-state index in [-0.39, 0.29) is 0 Å². The molecule has 1 rings (SSSR count). The summed E-state index contributed by atoms with van der Waals surface area (Å²) in [5.74, 6) is 0.676. The van der Waals surface area contributed by atoms with Gasteiger partial charge in [0.15, 0.2) is 0 Å². The number of methoxy groups -OCH3 is 1. The van der Waals surface area contributed by atoms with E-state index in [9.17, 15) is 0 Å². The number of nitrogens with zero attached hydrogens (tertiary/aromatic N) is 1. The highest BCUT2D eigenvalue weighted by molar-refractivity contribution is 5.20. The highest BCUT2D eigenvalue weighted by Gasteiger charge is 1.96. The van der Waals surface area contributed by atoms with Gasteiger partial charge in [-0.1, -0.05) is 12.5 Å². The lowest BCUT2D eigenvalue weighted by Gasteiger charge is -2.05. The van der Waals surface area contributed by atoms with Crippen molar-refractivity contribution in [3.63, 3.8) is 0 Å². The average Bonchev–Trinajstić information content (AvgIpc) is 2.38. The summed E-state index contributed by atoms with van der Waals surface area (Å²) in [6.07, 6.45) is 8.61. The number of rotatable bonds is 9. The first-order valence-electron chi connectivity index (χ1n) is 6.17. The molecule has 0 aliphatic carbocycles. The zero-order valence-corrected chi connectivity index (χ0v) is 10.6. The van der Waals surface area contributed by atoms with E-state index in [1.165, 1.54) is 24.8 Å². The fourth-order valence-corrected chi connectivity index (χ4v) is 1.62. The normalized spacial score (nSPS) is 10.2. The molecular weight excluding hydrogens is 212 g/mol. The molecule has 17 heavy (non-hydrogen) atoms. The molecule has 0 saturated carbocycles. The van der Waals surface area contributed by atoms with Gasteiger partial charge in [0, 0.05) is 18.8 Å². The third kappa shape index (κ3) is 6.07. The molecule has 0 fully saturated rings. The first kappa shape index (κ1) is 13.7. The van der Waals surface area contributed by atoms with Gasteiger partial charge in [0.1, 0.15) is 0 Å². The van der Waals surface area contributed by atoms with Crippen molar-refractivity contribution in [1.82, 2.24) is 10.3 Å². The predicted molar refractivity (Wildman–Crippen MR) is 71.2 cm³/mol. The molecule has 0 aliphatic rings. The van der Waals surface area contributed by atoms with Crippen molar-refractivity contribution in [3.05, 3.63) is 36.5 Å². The van der Waals surface area contributed by atoms with Gasteiger partial charge in [-0.2, -0.15) is 0 Å². The summed E-state index contributed by atoms with van der Waals surface area (Å²) in [6.45, 7) is 5.65. The molecule has 0 amide bonds. The van der Waals surface area contributed by atoms with E-state index < -0.39 is 0 Å². The van der Waals surface area contributed by atoms with E-state index in [2.05, 4.69) is 16.9 Å². The minimum absolute atomic E-state index is 0.676. The smallest absolute Gasteiger partial charge is 0.213 e. The standard InChI is InChI=1S/C14H22N2O/c1-3-4-5-6-7-9-15-12-13-8-10-16-14(11-13)17-2/h3,8,10-11,15H,1,4-7,9,12H2,2H3. The molecule has 0 spiro atoms. The number of hydrogen-bond donors (Lipinski definition) is 1. The predicted octanol–water partition coefficient (Wildman–Crippen LogP) is 2.93. The Labute approximate surface area is 104 Å². The van der Waals surface area contributed by atoms with E-state index in [0.29, 0.717) is 5.88 Å². The van der Waals surface area contributed by atoms with Crippen molar-refractivity contribution in [1.29, 1.82) is 0 Å². The van der Waals surface area contributed by atoms with Gasteiger partial charge in [-0.3, -0.25) is 0 Å². The van der Waals surface area contributed by atoms with Crippen LogP contribution in [0.15, 0.2) is 31.0 Å². The van der Waals surface area contributed by atoms with Gasteiger partial charge < -0.3 is 10.1 Å². The number of unbranched alkanes of at least 4 members (excludes halogenated alkanes) is 3. The molecule has 1 aromatic heterocycles. The Bertz CT molecular complexity index is 326. The molecule has 1 heterocycles. The highest BCUT2D eigenvalue weighted by Crippen LogP contribution is 2.08. The largest absolute Gasteiger partial charge is 0.481 e. The first-order valence-corrected chi connectivity index (χ1v) is 6.17. The Balaban J connectivity index is 2.11. The molecule has 3 nitrogen and oxygen atoms in total. The molecule has 0 bridgehead atoms. The van der Waals surface area contributed by atoms with E-state index in [0.717, 1.165) is 19.5 Å². The van der Waals surface area contributed by atoms with E-state index in [1.807, 2.05) is 18.2 Å². The lowest BCUT2D eigenvalue weighted by Crippen LogP contribution is -2.14. The van der Waals surface area contributed by atoms with Crippen molar-refractivity contribution in [2.75, 3.05) is 13.7 Å². The van der Waals surface area contributed by atoms with Crippen LogP contribution in [0.25, 0.3) is 0 Å². The molecule has 1 aromatic rings. The average molecular weight is 234 g/mol. The fraction of sp³-hybridized carbons (Fsp3) is 0.500. The van der Waals surface area contributed by atoms with Gasteiger partial charge in [-0.15, -0.1) is 6.58 Å². The Morgan fingerprint density at radius 3 is 3.06 bits per heavy atom. The van der Waals surface area contributed by atoms with Crippen LogP contribution < -0.4 is 10.1 Å². The maximum atomic E-state index is 5.08. The zero-order valence-electron chi connectivity index (χ0n) is 10.6. The summed E-state index contributed by atoms with van der Waals surface area (Å²) in [5.41, 5.74) is 1.21. The molecule has 1 N–H and O–H groups in total. The maximum Gasteiger partial charge on any atom is 0.213 e. The van der Waals surface area contributed by atoms with Crippen LogP contribution in [0, 0.1) is 0 Å². The monoisotopic (exact) mass is 234 g/mol. The van der Waals surface area contributed by atoms with Crippen molar-refractivity contribution in [2.45, 2.75) is 32.2 Å². The van der Waals surface area contributed by atoms with Gasteiger partial charge >= 0.3 is 0 Å². The SMILES string of the molecule is C=CCCCCCNCc1ccnc(OC)c1. The van der Waals surface area contributed by atoms with Crippen LogP contribution in [-0.2, 0) is 6.54 Å². The first-order chi connectivity index (χ1) is 8.36. The fourth-order valence-electron chi connectivity index (χ4n) is 1.62. The Kier molecular flexibility index (Phi) is 7.07. The molecule has 0 unspecified atom stereocenters. The van der Waals surface area contributed by atoms with Crippen LogP contribution in [-0.4, -0.2) is 18.6 Å². The third-order valence-electron chi connectivity index (χ3n) is 2.60. The quantitative estimate of drug-likeness (QED) is 0.527. The van der Waals surface area contributed by atoms with Gasteiger partial charge in [0.2, 0.25) is 5.88 Å². The van der Waals surface area contributed by atoms with Gasteiger partial charge in [0.05, 0.1) is 7.11 Å². The Morgan fingerprint density at radius 1 is 1.41 bits per heavy atom. The third-order valence-corrected chi connectivity index (χ3v) is 2.60. The number of aromatic nitrogens is 1. The van der Waals surface area contributed by atoms with Crippen molar-refractivity contribution < 1.29 is 4.74 Å². The van der Waals surface area contributed by atoms with E-state index in [1.54, 1.807) is 13.3 Å². The van der Waals surface area contributed by atoms with E-state index in [4.69, 9.17) is 4.74 Å². The number of hydrogen-bond acceptors (Lipinski definition) is 3. The van der Waals surface area contributed by atoms with Crippen LogP contribution in [0.5, 0.6) is 5.88 Å². The number of pyridine rings is 1. The molecule has 0 radical (unpaired) electrons. The van der Waals surface area contributed by atoms with Crippen LogP contribution in [0.4, 0.5) is 0 Å². The molecule has 0 atom stereocenters. The molecule has 94 valence electrons. The van der Waals surface area contributed by atoms with Crippen molar-refractivity contribution in [2.24, 2.45) is 0 Å². The maximum absolute atomic E-state index is 5.08. The van der Waals surface area contributed by atoms with Crippen LogP contribution in [0.2, 0.25) is 0 Å². The molecule has 0 saturated heterocycles. The van der Waals surface area contributed by atoms with Crippen LogP contribution in [0.1, 0.15) is 31.2 Å². The Morgan fingerprint density at radius 2 is 2.29 bits per heavy atom. The minimum atomic E-state index is 0.676. The second kappa shape index (κ2) is 8.76. The summed E-state index contributed by atoms with van der Waals surface area (Å²) in [4.78, 5) is 4.08. The van der Waals surface area contributed by atoms with Gasteiger partial charge in [0.25, 0.3) is 0 Å². The zero-order chi connectivity index (χ0) is 12.3. The second-order valence-corrected chi connectivity index (χ2v) is 4.02. The minimum Gasteiger partial charge on any atom is -0.481 e. The lowest BCUT2D eigenvalue weighted by atomic mass is 10.2. The van der Waals surface area contributed by atoms with E-state index >= 15 is 0 Å². The molecule has 0 aromatic carbocycles. The second-order valence-electron chi connectivity index (χ2n) is 4.02. The number of nitrogens with one attached hydrogen (secondary N) is 1. The van der Waals surface area contributed by atoms with Crippen molar-refractivity contribution >= 4 is 0 Å². The topological polar surface area (TPSA) is 34.2 Å². The lowest BCUT2D eigenvalue weighted by molar-refractivity contribution is 0.397. The summed E-state index contributed by atoms with van der Waals surface area (Å²) in [7, 11) is 1.64. The summed E-state index contributed by atoms with van der Waals surface area (Å²) in [6, 6.07) is 3.97.